The minimum Gasteiger partial charge on any atom is -0.491 e. The summed E-state index contributed by atoms with van der Waals surface area (Å²) >= 11 is 0. The van der Waals surface area contributed by atoms with Gasteiger partial charge in [0, 0.05) is 5.56 Å². The molecule has 0 saturated heterocycles. The van der Waals surface area contributed by atoms with Crippen molar-refractivity contribution in [2.45, 2.75) is 33.4 Å². The number of hydrogen-bond acceptors (Lipinski definition) is 6. The molecule has 2 heterocycles. The van der Waals surface area contributed by atoms with E-state index in [0.717, 1.165) is 16.7 Å². The Bertz CT molecular complexity index is 1240. The fraction of sp³-hybridized carbons (Fsp3) is 0.261. The van der Waals surface area contributed by atoms with Crippen LogP contribution in [0.3, 0.4) is 0 Å². The summed E-state index contributed by atoms with van der Waals surface area (Å²) in [6.45, 7) is 5.69. The van der Waals surface area contributed by atoms with Gasteiger partial charge in [0.1, 0.15) is 29.9 Å². The van der Waals surface area contributed by atoms with Crippen molar-refractivity contribution in [3.8, 4) is 17.0 Å². The Morgan fingerprint density at radius 2 is 1.90 bits per heavy atom. The van der Waals surface area contributed by atoms with Crippen molar-refractivity contribution in [3.05, 3.63) is 75.8 Å². The van der Waals surface area contributed by atoms with Crippen molar-refractivity contribution in [1.29, 1.82) is 0 Å². The first-order chi connectivity index (χ1) is 14.4. The van der Waals surface area contributed by atoms with Gasteiger partial charge in [-0.05, 0) is 38.0 Å². The molecule has 0 amide bonds. The highest BCUT2D eigenvalue weighted by atomic mass is 16.5. The molecule has 0 spiro atoms. The van der Waals surface area contributed by atoms with Crippen molar-refractivity contribution >= 4 is 10.9 Å². The van der Waals surface area contributed by atoms with E-state index in [-0.39, 0.29) is 18.7 Å². The lowest BCUT2D eigenvalue weighted by Crippen LogP contribution is -2.32. The van der Waals surface area contributed by atoms with Gasteiger partial charge in [0.15, 0.2) is 5.52 Å². The molecule has 4 rings (SSSR count). The van der Waals surface area contributed by atoms with E-state index in [2.05, 4.69) is 10.3 Å². The zero-order valence-electron chi connectivity index (χ0n) is 17.1. The Labute approximate surface area is 173 Å². The Hall–Kier alpha value is -3.45. The van der Waals surface area contributed by atoms with E-state index in [9.17, 15) is 9.90 Å². The van der Waals surface area contributed by atoms with Gasteiger partial charge in [-0.1, -0.05) is 47.6 Å². The lowest BCUT2D eigenvalue weighted by atomic mass is 10.1. The predicted molar refractivity (Wildman–Crippen MR) is 114 cm³/mol. The zero-order chi connectivity index (χ0) is 21.3. The average molecular weight is 405 g/mol. The van der Waals surface area contributed by atoms with Crippen LogP contribution in [0.25, 0.3) is 22.2 Å². The zero-order valence-corrected chi connectivity index (χ0v) is 17.1. The second kappa shape index (κ2) is 8.12. The summed E-state index contributed by atoms with van der Waals surface area (Å²) < 4.78 is 12.3. The average Bonchev–Trinajstić information content (AvgIpc) is 3.13. The quantitative estimate of drug-likeness (QED) is 0.529. The summed E-state index contributed by atoms with van der Waals surface area (Å²) in [5, 5.41) is 19.5. The topological polar surface area (TPSA) is 90.4 Å². The molecule has 1 N–H and O–H groups in total. The van der Waals surface area contributed by atoms with Crippen LogP contribution < -0.4 is 10.3 Å². The lowest BCUT2D eigenvalue weighted by molar-refractivity contribution is 0.0879. The normalized spacial score (nSPS) is 12.3. The highest BCUT2D eigenvalue weighted by molar-refractivity contribution is 5.92. The molecule has 0 bridgehead atoms. The van der Waals surface area contributed by atoms with Crippen molar-refractivity contribution in [2.75, 3.05) is 6.61 Å². The molecular formula is C23H23N3O4. The third-order valence-corrected chi connectivity index (χ3v) is 4.96. The molecule has 1 atom stereocenters. The summed E-state index contributed by atoms with van der Waals surface area (Å²) in [5.74, 6) is 1.24. The first kappa shape index (κ1) is 19.8. The molecule has 0 aliphatic carbocycles. The number of rotatable bonds is 6. The Kier molecular flexibility index (Phi) is 5.37. The van der Waals surface area contributed by atoms with E-state index < -0.39 is 11.7 Å². The molecule has 7 heteroatoms. The first-order valence-corrected chi connectivity index (χ1v) is 9.74. The monoisotopic (exact) mass is 405 g/mol. The fourth-order valence-electron chi connectivity index (χ4n) is 3.36. The van der Waals surface area contributed by atoms with Crippen molar-refractivity contribution in [3.63, 3.8) is 0 Å². The second-order valence-electron chi connectivity index (χ2n) is 7.40. The number of hydrogen-bond donors (Lipinski definition) is 1. The number of aliphatic hydroxyl groups excluding tert-OH is 1. The standard InChI is InChI=1S/C23H23N3O4/c1-14-9-10-15(2)19(11-14)29-13-18(27)12-26-23(28)22-20(16(3)30-25-22)21(24-26)17-7-5-4-6-8-17/h4-11,18,27H,12-13H2,1-3H3. The van der Waals surface area contributed by atoms with E-state index in [1.165, 1.54) is 4.68 Å². The molecule has 7 nitrogen and oxygen atoms in total. The van der Waals surface area contributed by atoms with Crippen LogP contribution >= 0.6 is 0 Å². The highest BCUT2D eigenvalue weighted by Gasteiger charge is 2.20. The lowest BCUT2D eigenvalue weighted by Gasteiger charge is -2.15. The maximum absolute atomic E-state index is 12.9. The molecule has 154 valence electrons. The molecule has 30 heavy (non-hydrogen) atoms. The van der Waals surface area contributed by atoms with Gasteiger partial charge in [-0.2, -0.15) is 5.10 Å². The number of nitrogens with zero attached hydrogens (tertiary/aromatic N) is 3. The maximum atomic E-state index is 12.9. The summed E-state index contributed by atoms with van der Waals surface area (Å²) in [4.78, 5) is 12.9. The number of aryl methyl sites for hydroxylation is 3. The second-order valence-corrected chi connectivity index (χ2v) is 7.40. The van der Waals surface area contributed by atoms with Gasteiger partial charge in [-0.3, -0.25) is 4.79 Å². The van der Waals surface area contributed by atoms with Crippen molar-refractivity contribution < 1.29 is 14.4 Å². The Morgan fingerprint density at radius 3 is 2.67 bits per heavy atom. The van der Waals surface area contributed by atoms with Crippen LogP contribution in [0.2, 0.25) is 0 Å². The number of aliphatic hydroxyl groups is 1. The molecule has 2 aromatic heterocycles. The van der Waals surface area contributed by atoms with Crippen LogP contribution in [0.5, 0.6) is 5.75 Å². The molecule has 1 unspecified atom stereocenters. The van der Waals surface area contributed by atoms with Gasteiger partial charge in [0.05, 0.1) is 11.9 Å². The minimum atomic E-state index is -0.927. The van der Waals surface area contributed by atoms with Crippen LogP contribution in [-0.4, -0.2) is 32.8 Å². The molecule has 0 saturated carbocycles. The molecular weight excluding hydrogens is 382 g/mol. The third-order valence-electron chi connectivity index (χ3n) is 4.96. The van der Waals surface area contributed by atoms with Gasteiger partial charge in [0.2, 0.25) is 0 Å². The summed E-state index contributed by atoms with van der Waals surface area (Å²) in [6, 6.07) is 15.4. The molecule has 0 aliphatic rings. The minimum absolute atomic E-state index is 0.0224. The van der Waals surface area contributed by atoms with Crippen LogP contribution in [0, 0.1) is 20.8 Å². The summed E-state index contributed by atoms with van der Waals surface area (Å²) in [5.41, 5.74) is 3.27. The van der Waals surface area contributed by atoms with Gasteiger partial charge in [0.25, 0.3) is 5.56 Å². The van der Waals surface area contributed by atoms with E-state index >= 15 is 0 Å². The molecule has 2 aromatic carbocycles. The number of fused-ring (bicyclic) bond motifs is 1. The SMILES string of the molecule is Cc1ccc(C)c(OCC(O)Cn2nc(-c3ccccc3)c3c(C)onc3c2=O)c1. The highest BCUT2D eigenvalue weighted by Crippen LogP contribution is 2.27. The molecule has 0 radical (unpaired) electrons. The van der Waals surface area contributed by atoms with E-state index in [1.54, 1.807) is 6.92 Å². The largest absolute Gasteiger partial charge is 0.491 e. The molecule has 0 fully saturated rings. The van der Waals surface area contributed by atoms with E-state index in [4.69, 9.17) is 9.26 Å². The Balaban J connectivity index is 1.63. The first-order valence-electron chi connectivity index (χ1n) is 9.74. The molecule has 0 aliphatic heterocycles. The van der Waals surface area contributed by atoms with Crippen molar-refractivity contribution in [1.82, 2.24) is 14.9 Å². The Morgan fingerprint density at radius 1 is 1.13 bits per heavy atom. The number of ether oxygens (including phenoxy) is 1. The maximum Gasteiger partial charge on any atom is 0.296 e. The van der Waals surface area contributed by atoms with Crippen LogP contribution in [0.15, 0.2) is 57.8 Å². The van der Waals surface area contributed by atoms with Crippen LogP contribution in [0.4, 0.5) is 0 Å². The van der Waals surface area contributed by atoms with Crippen LogP contribution in [0.1, 0.15) is 16.9 Å². The summed E-state index contributed by atoms with van der Waals surface area (Å²) in [6.07, 6.45) is -0.927. The fourth-order valence-corrected chi connectivity index (χ4v) is 3.36. The predicted octanol–water partition coefficient (Wildman–Crippen LogP) is 3.42. The van der Waals surface area contributed by atoms with E-state index in [0.29, 0.717) is 22.6 Å². The number of aromatic nitrogens is 3. The van der Waals surface area contributed by atoms with Gasteiger partial charge >= 0.3 is 0 Å². The van der Waals surface area contributed by atoms with Gasteiger partial charge in [-0.25, -0.2) is 4.68 Å². The number of benzene rings is 2. The third kappa shape index (κ3) is 3.84. The van der Waals surface area contributed by atoms with Crippen LogP contribution in [-0.2, 0) is 6.54 Å². The van der Waals surface area contributed by atoms with Gasteiger partial charge < -0.3 is 14.4 Å². The summed E-state index contributed by atoms with van der Waals surface area (Å²) in [7, 11) is 0. The van der Waals surface area contributed by atoms with E-state index in [1.807, 2.05) is 62.4 Å². The molecule has 4 aromatic rings. The van der Waals surface area contributed by atoms with Crippen molar-refractivity contribution in [2.24, 2.45) is 0 Å². The smallest absolute Gasteiger partial charge is 0.296 e. The van der Waals surface area contributed by atoms with Gasteiger partial charge in [-0.15, -0.1) is 0 Å².